The molecule has 0 unspecified atom stereocenters. The molecule has 3 rings (SSSR count). The van der Waals surface area contributed by atoms with Crippen LogP contribution in [0.2, 0.25) is 0 Å². The molecule has 0 spiro atoms. The van der Waals surface area contributed by atoms with E-state index in [4.69, 9.17) is 0 Å². The molecule has 0 aliphatic carbocycles. The Kier molecular flexibility index (Phi) is 9.66. The zero-order valence-corrected chi connectivity index (χ0v) is 19.8. The average molecular weight is 549 g/mol. The molecular formula is C21H27F3IN5O. The van der Waals surface area contributed by atoms with Crippen LogP contribution >= 0.6 is 24.0 Å². The molecule has 1 aromatic carbocycles. The van der Waals surface area contributed by atoms with Gasteiger partial charge in [-0.3, -0.25) is 4.99 Å². The van der Waals surface area contributed by atoms with Gasteiger partial charge in [0.05, 0.1) is 0 Å². The number of nitrogens with one attached hydrogen (secondary N) is 2. The second-order valence-electron chi connectivity index (χ2n) is 7.12. The molecule has 1 saturated heterocycles. The summed E-state index contributed by atoms with van der Waals surface area (Å²) in [4.78, 5) is 10.9. The number of anilines is 1. The zero-order valence-electron chi connectivity index (χ0n) is 17.4. The largest absolute Gasteiger partial charge is 0.434 e. The van der Waals surface area contributed by atoms with Gasteiger partial charge in [-0.1, -0.05) is 12.1 Å². The van der Waals surface area contributed by atoms with Gasteiger partial charge >= 0.3 is 6.61 Å². The molecule has 31 heavy (non-hydrogen) atoms. The molecular weight excluding hydrogens is 522 g/mol. The molecule has 1 aliphatic heterocycles. The molecule has 0 bridgehead atoms. The fourth-order valence-corrected chi connectivity index (χ4v) is 3.38. The molecule has 0 saturated carbocycles. The zero-order chi connectivity index (χ0) is 21.5. The van der Waals surface area contributed by atoms with Crippen LogP contribution in [0.1, 0.15) is 24.0 Å². The number of benzene rings is 1. The average Bonchev–Trinajstić information content (AvgIpc) is 2.73. The molecule has 0 radical (unpaired) electrons. The quantitative estimate of drug-likeness (QED) is 0.323. The van der Waals surface area contributed by atoms with Gasteiger partial charge in [-0.25, -0.2) is 9.37 Å². The van der Waals surface area contributed by atoms with E-state index < -0.39 is 12.4 Å². The van der Waals surface area contributed by atoms with E-state index in [9.17, 15) is 13.2 Å². The van der Waals surface area contributed by atoms with E-state index >= 15 is 0 Å². The minimum atomic E-state index is -3.02. The van der Waals surface area contributed by atoms with Crippen LogP contribution in [-0.4, -0.2) is 43.7 Å². The van der Waals surface area contributed by atoms with Gasteiger partial charge in [0.2, 0.25) is 0 Å². The van der Waals surface area contributed by atoms with E-state index in [0.717, 1.165) is 37.3 Å². The van der Waals surface area contributed by atoms with E-state index in [0.29, 0.717) is 5.96 Å². The monoisotopic (exact) mass is 549 g/mol. The first-order valence-corrected chi connectivity index (χ1v) is 9.83. The number of nitrogens with zero attached hydrogens (tertiary/aromatic N) is 3. The number of halogens is 4. The minimum Gasteiger partial charge on any atom is -0.434 e. The predicted molar refractivity (Wildman–Crippen MR) is 126 cm³/mol. The third kappa shape index (κ3) is 7.15. The van der Waals surface area contributed by atoms with Crippen LogP contribution in [0, 0.1) is 12.7 Å². The summed E-state index contributed by atoms with van der Waals surface area (Å²) >= 11 is 0. The summed E-state index contributed by atoms with van der Waals surface area (Å²) < 4.78 is 43.7. The SMILES string of the molecule is CN=C(NCc1c(F)cccc1OC(F)F)NC1CCN(c2ccc(C)cn2)CC1.I. The van der Waals surface area contributed by atoms with Crippen molar-refractivity contribution in [1.29, 1.82) is 0 Å². The Bertz CT molecular complexity index is 859. The third-order valence-corrected chi connectivity index (χ3v) is 5.00. The number of hydrogen-bond acceptors (Lipinski definition) is 4. The van der Waals surface area contributed by atoms with Gasteiger partial charge in [0, 0.05) is 44.5 Å². The van der Waals surface area contributed by atoms with Gasteiger partial charge < -0.3 is 20.3 Å². The summed E-state index contributed by atoms with van der Waals surface area (Å²) in [6, 6.07) is 8.12. The molecule has 0 amide bonds. The molecule has 2 N–H and O–H groups in total. The molecule has 2 aromatic rings. The summed E-state index contributed by atoms with van der Waals surface area (Å²) in [6.07, 6.45) is 3.63. The van der Waals surface area contributed by atoms with Crippen LogP contribution in [0.3, 0.4) is 0 Å². The van der Waals surface area contributed by atoms with Crippen LogP contribution in [0.25, 0.3) is 0 Å². The van der Waals surface area contributed by atoms with E-state index in [2.05, 4.69) is 30.2 Å². The first-order chi connectivity index (χ1) is 14.5. The topological polar surface area (TPSA) is 61.8 Å². The van der Waals surface area contributed by atoms with Gasteiger partial charge in [-0.15, -0.1) is 24.0 Å². The van der Waals surface area contributed by atoms with Crippen LogP contribution in [0.5, 0.6) is 5.75 Å². The van der Waals surface area contributed by atoms with Crippen molar-refractivity contribution in [2.75, 3.05) is 25.0 Å². The number of pyridine rings is 1. The second-order valence-corrected chi connectivity index (χ2v) is 7.12. The normalized spacial score (nSPS) is 14.9. The smallest absolute Gasteiger partial charge is 0.387 e. The number of piperidine rings is 1. The van der Waals surface area contributed by atoms with Crippen LogP contribution in [0.15, 0.2) is 41.5 Å². The lowest BCUT2D eigenvalue weighted by atomic mass is 10.1. The van der Waals surface area contributed by atoms with Crippen LogP contribution in [-0.2, 0) is 6.54 Å². The highest BCUT2D eigenvalue weighted by Crippen LogP contribution is 2.23. The number of aryl methyl sites for hydroxylation is 1. The highest BCUT2D eigenvalue weighted by atomic mass is 127. The Morgan fingerprint density at radius 2 is 2.00 bits per heavy atom. The number of aliphatic imine (C=N–C) groups is 1. The van der Waals surface area contributed by atoms with Crippen molar-refractivity contribution < 1.29 is 17.9 Å². The number of rotatable bonds is 6. The molecule has 2 heterocycles. The van der Waals surface area contributed by atoms with Gasteiger partial charge in [0.15, 0.2) is 5.96 Å². The molecule has 1 aromatic heterocycles. The Morgan fingerprint density at radius 1 is 1.26 bits per heavy atom. The summed E-state index contributed by atoms with van der Waals surface area (Å²) in [6.45, 7) is 0.668. The highest BCUT2D eigenvalue weighted by molar-refractivity contribution is 14.0. The van der Waals surface area contributed by atoms with Crippen LogP contribution < -0.4 is 20.3 Å². The van der Waals surface area contributed by atoms with Crippen molar-refractivity contribution in [1.82, 2.24) is 15.6 Å². The lowest BCUT2D eigenvalue weighted by Crippen LogP contribution is -2.48. The maximum absolute atomic E-state index is 14.1. The minimum absolute atomic E-state index is 0. The van der Waals surface area contributed by atoms with E-state index in [1.165, 1.54) is 18.2 Å². The van der Waals surface area contributed by atoms with Gasteiger partial charge in [0.1, 0.15) is 17.4 Å². The Hall–Kier alpha value is -2.24. The van der Waals surface area contributed by atoms with Gasteiger partial charge in [-0.2, -0.15) is 8.78 Å². The molecule has 10 heteroatoms. The standard InChI is InChI=1S/C21H26F3N5O.HI/c1-14-6-7-19(26-12-14)29-10-8-15(9-11-29)28-21(25-2)27-13-16-17(22)4-3-5-18(16)30-20(23)24;/h3-7,12,15,20H,8-11,13H2,1-2H3,(H2,25,27,28);1H. The first-order valence-electron chi connectivity index (χ1n) is 9.83. The maximum Gasteiger partial charge on any atom is 0.387 e. The molecule has 1 fully saturated rings. The summed E-state index contributed by atoms with van der Waals surface area (Å²) in [5, 5.41) is 6.30. The van der Waals surface area contributed by atoms with Crippen molar-refractivity contribution in [3.63, 3.8) is 0 Å². The lowest BCUT2D eigenvalue weighted by Gasteiger charge is -2.33. The number of hydrogen-bond donors (Lipinski definition) is 2. The van der Waals surface area contributed by atoms with E-state index in [-0.39, 0.29) is 47.9 Å². The summed E-state index contributed by atoms with van der Waals surface area (Å²) in [5.41, 5.74) is 1.16. The summed E-state index contributed by atoms with van der Waals surface area (Å²) in [7, 11) is 1.61. The number of aromatic nitrogens is 1. The second kappa shape index (κ2) is 12.0. The van der Waals surface area contributed by atoms with Crippen molar-refractivity contribution >= 4 is 35.8 Å². The van der Waals surface area contributed by atoms with E-state index in [1.54, 1.807) is 7.05 Å². The van der Waals surface area contributed by atoms with Crippen molar-refractivity contribution in [2.24, 2.45) is 4.99 Å². The molecule has 0 atom stereocenters. The fourth-order valence-electron chi connectivity index (χ4n) is 3.38. The number of ether oxygens (including phenoxy) is 1. The van der Waals surface area contributed by atoms with Crippen molar-refractivity contribution in [2.45, 2.75) is 39.0 Å². The summed E-state index contributed by atoms with van der Waals surface area (Å²) in [5.74, 6) is 0.641. The molecule has 170 valence electrons. The molecule has 6 nitrogen and oxygen atoms in total. The van der Waals surface area contributed by atoms with Gasteiger partial charge in [0.25, 0.3) is 0 Å². The molecule has 1 aliphatic rings. The van der Waals surface area contributed by atoms with E-state index in [1.807, 2.05) is 25.3 Å². The van der Waals surface area contributed by atoms with Gasteiger partial charge in [-0.05, 0) is 43.5 Å². The first kappa shape index (κ1) is 25.0. The fraction of sp³-hybridized carbons (Fsp3) is 0.429. The third-order valence-electron chi connectivity index (χ3n) is 5.00. The number of guanidine groups is 1. The Morgan fingerprint density at radius 3 is 2.61 bits per heavy atom. The Labute approximate surface area is 197 Å². The lowest BCUT2D eigenvalue weighted by molar-refractivity contribution is -0.0506. The number of alkyl halides is 2. The highest BCUT2D eigenvalue weighted by Gasteiger charge is 2.21. The maximum atomic E-state index is 14.1. The van der Waals surface area contributed by atoms with Crippen molar-refractivity contribution in [3.8, 4) is 5.75 Å². The Balaban J connectivity index is 0.00000341. The van der Waals surface area contributed by atoms with Crippen LogP contribution in [0.4, 0.5) is 19.0 Å². The van der Waals surface area contributed by atoms with Crippen molar-refractivity contribution in [3.05, 3.63) is 53.5 Å². The predicted octanol–water partition coefficient (Wildman–Crippen LogP) is 4.08.